The van der Waals surface area contributed by atoms with E-state index in [9.17, 15) is 24.9 Å². The number of ether oxygens (including phenoxy) is 2. The van der Waals surface area contributed by atoms with Crippen molar-refractivity contribution in [1.82, 2.24) is 0 Å². The van der Waals surface area contributed by atoms with Crippen molar-refractivity contribution in [1.29, 1.82) is 0 Å². The molecule has 2 unspecified atom stereocenters. The fraction of sp³-hybridized carbons (Fsp3) is 0.217. The summed E-state index contributed by atoms with van der Waals surface area (Å²) in [6, 6.07) is 10.2. The molecule has 1 aromatic heterocycles. The van der Waals surface area contributed by atoms with Gasteiger partial charge in [-0.3, -0.25) is 0 Å². The van der Waals surface area contributed by atoms with E-state index in [0.29, 0.717) is 22.3 Å². The molecular formula is C23H20O8. The first-order valence-corrected chi connectivity index (χ1v) is 9.50. The van der Waals surface area contributed by atoms with Gasteiger partial charge in [0.1, 0.15) is 34.5 Å². The Morgan fingerprint density at radius 1 is 1.13 bits per heavy atom. The van der Waals surface area contributed by atoms with Gasteiger partial charge in [0.05, 0.1) is 5.56 Å². The molecule has 0 radical (unpaired) electrons. The smallest absolute Gasteiger partial charge is 0.336 e. The zero-order valence-corrected chi connectivity index (χ0v) is 16.7. The van der Waals surface area contributed by atoms with E-state index in [0.717, 1.165) is 12.1 Å². The Bertz CT molecular complexity index is 1250. The molecule has 0 fully saturated rings. The molecule has 3 aromatic rings. The molecule has 160 valence electrons. The average Bonchev–Trinajstić information content (AvgIpc) is 3.05. The van der Waals surface area contributed by atoms with Gasteiger partial charge in [-0.2, -0.15) is 0 Å². The summed E-state index contributed by atoms with van der Waals surface area (Å²) >= 11 is 0. The van der Waals surface area contributed by atoms with Crippen LogP contribution < -0.4 is 10.4 Å². The molecule has 0 saturated carbocycles. The van der Waals surface area contributed by atoms with Crippen molar-refractivity contribution >= 4 is 23.0 Å². The largest absolute Gasteiger partial charge is 0.508 e. The second kappa shape index (κ2) is 7.48. The number of aliphatic hydroxyl groups excluding tert-OH is 1. The van der Waals surface area contributed by atoms with Crippen LogP contribution >= 0.6 is 0 Å². The molecule has 8 nitrogen and oxygen atoms in total. The Hall–Kier alpha value is -3.78. The molecule has 3 N–H and O–H groups in total. The van der Waals surface area contributed by atoms with E-state index < -0.39 is 29.4 Å². The summed E-state index contributed by atoms with van der Waals surface area (Å²) in [7, 11) is 0. The average molecular weight is 424 g/mol. The highest BCUT2D eigenvalue weighted by molar-refractivity contribution is 5.88. The number of carbonyl (C=O) groups is 1. The SMILES string of the molecule is CC(C)(OC(=O)/C=C/c1ccc(O)cc1O)C1Oc2ccc3ccc(=O)oc3c2C1O. The Morgan fingerprint density at radius 2 is 1.87 bits per heavy atom. The first-order valence-electron chi connectivity index (χ1n) is 9.50. The minimum atomic E-state index is -1.25. The summed E-state index contributed by atoms with van der Waals surface area (Å²) in [5, 5.41) is 30.7. The molecule has 2 aromatic carbocycles. The van der Waals surface area contributed by atoms with Gasteiger partial charge in [0.25, 0.3) is 0 Å². The highest BCUT2D eigenvalue weighted by atomic mass is 16.6. The van der Waals surface area contributed by atoms with Crippen molar-refractivity contribution in [2.45, 2.75) is 31.7 Å². The van der Waals surface area contributed by atoms with E-state index in [1.165, 1.54) is 24.3 Å². The topological polar surface area (TPSA) is 126 Å². The molecule has 0 spiro atoms. The van der Waals surface area contributed by atoms with Crippen LogP contribution in [-0.2, 0) is 9.53 Å². The van der Waals surface area contributed by atoms with Crippen LogP contribution in [0.4, 0.5) is 0 Å². The Kier molecular flexibility index (Phi) is 4.94. The predicted molar refractivity (Wildman–Crippen MR) is 111 cm³/mol. The molecule has 2 atom stereocenters. The van der Waals surface area contributed by atoms with E-state index in [2.05, 4.69) is 0 Å². The first-order chi connectivity index (χ1) is 14.7. The minimum Gasteiger partial charge on any atom is -0.508 e. The van der Waals surface area contributed by atoms with Crippen LogP contribution in [0.5, 0.6) is 17.2 Å². The highest BCUT2D eigenvalue weighted by Crippen LogP contribution is 2.45. The molecule has 0 aliphatic carbocycles. The minimum absolute atomic E-state index is 0.103. The monoisotopic (exact) mass is 424 g/mol. The van der Waals surface area contributed by atoms with Crippen LogP contribution in [-0.4, -0.2) is 33.0 Å². The number of aliphatic hydroxyl groups is 1. The zero-order chi connectivity index (χ0) is 22.3. The Labute approximate surface area is 176 Å². The number of rotatable bonds is 4. The van der Waals surface area contributed by atoms with Crippen molar-refractivity contribution in [3.63, 3.8) is 0 Å². The fourth-order valence-electron chi connectivity index (χ4n) is 3.58. The molecule has 0 saturated heterocycles. The van der Waals surface area contributed by atoms with E-state index in [1.807, 2.05) is 0 Å². The van der Waals surface area contributed by atoms with Crippen molar-refractivity contribution in [3.8, 4) is 17.2 Å². The second-order valence-electron chi connectivity index (χ2n) is 7.73. The van der Waals surface area contributed by atoms with Gasteiger partial charge in [0, 0.05) is 29.2 Å². The highest BCUT2D eigenvalue weighted by Gasteiger charge is 2.47. The van der Waals surface area contributed by atoms with E-state index in [1.54, 1.807) is 32.0 Å². The molecule has 2 heterocycles. The summed E-state index contributed by atoms with van der Waals surface area (Å²) in [5.41, 5.74) is -0.930. The first kappa shape index (κ1) is 20.5. The lowest BCUT2D eigenvalue weighted by Gasteiger charge is -2.32. The molecule has 31 heavy (non-hydrogen) atoms. The molecule has 1 aliphatic rings. The van der Waals surface area contributed by atoms with Gasteiger partial charge in [0.15, 0.2) is 6.10 Å². The van der Waals surface area contributed by atoms with Crippen molar-refractivity contribution in [3.05, 3.63) is 70.1 Å². The summed E-state index contributed by atoms with van der Waals surface area (Å²) < 4.78 is 16.6. The van der Waals surface area contributed by atoms with Crippen LogP contribution in [0.2, 0.25) is 0 Å². The van der Waals surface area contributed by atoms with Gasteiger partial charge in [-0.25, -0.2) is 9.59 Å². The summed E-state index contributed by atoms with van der Waals surface area (Å²) in [6.45, 7) is 3.18. The standard InChI is InChI=1S/C23H20O8/c1-23(2,31-18(27)10-5-12-3-7-14(24)11-15(12)25)22-20(28)19-16(29-22)8-4-13-6-9-17(26)30-21(13)19/h3-11,20,22,24-25,28H,1-2H3/b10-5+. The maximum absolute atomic E-state index is 12.4. The van der Waals surface area contributed by atoms with Crippen molar-refractivity contribution < 1.29 is 34.0 Å². The maximum atomic E-state index is 12.4. The molecule has 0 bridgehead atoms. The molecule has 1 aliphatic heterocycles. The van der Waals surface area contributed by atoms with Crippen LogP contribution in [0.1, 0.15) is 31.1 Å². The van der Waals surface area contributed by atoms with Gasteiger partial charge < -0.3 is 29.2 Å². The van der Waals surface area contributed by atoms with Gasteiger partial charge >= 0.3 is 11.6 Å². The molecule has 4 rings (SSSR count). The zero-order valence-electron chi connectivity index (χ0n) is 16.7. The van der Waals surface area contributed by atoms with Gasteiger partial charge in [0.2, 0.25) is 0 Å². The third-order valence-corrected chi connectivity index (χ3v) is 5.09. The van der Waals surface area contributed by atoms with Crippen molar-refractivity contribution in [2.75, 3.05) is 0 Å². The number of esters is 1. The summed E-state index contributed by atoms with van der Waals surface area (Å²) in [4.78, 5) is 24.0. The number of fused-ring (bicyclic) bond motifs is 3. The number of hydrogen-bond donors (Lipinski definition) is 3. The summed E-state index contributed by atoms with van der Waals surface area (Å²) in [6.07, 6.45) is 0.322. The summed E-state index contributed by atoms with van der Waals surface area (Å²) in [5.74, 6) is -0.677. The Balaban J connectivity index is 1.55. The van der Waals surface area contributed by atoms with Crippen LogP contribution in [0.25, 0.3) is 17.0 Å². The number of benzene rings is 2. The van der Waals surface area contributed by atoms with Gasteiger partial charge in [-0.05, 0) is 50.3 Å². The normalized spacial score (nSPS) is 18.2. The lowest BCUT2D eigenvalue weighted by atomic mass is 9.93. The lowest BCUT2D eigenvalue weighted by Crippen LogP contribution is -2.45. The number of hydrogen-bond acceptors (Lipinski definition) is 8. The number of phenolic OH excluding ortho intramolecular Hbond substituents is 2. The third kappa shape index (κ3) is 3.85. The lowest BCUT2D eigenvalue weighted by molar-refractivity contribution is -0.164. The van der Waals surface area contributed by atoms with E-state index in [4.69, 9.17) is 13.9 Å². The fourth-order valence-corrected chi connectivity index (χ4v) is 3.58. The van der Waals surface area contributed by atoms with Gasteiger partial charge in [-0.15, -0.1) is 0 Å². The Morgan fingerprint density at radius 3 is 2.61 bits per heavy atom. The predicted octanol–water partition coefficient (Wildman–Crippen LogP) is 3.03. The van der Waals surface area contributed by atoms with E-state index in [-0.39, 0.29) is 17.1 Å². The van der Waals surface area contributed by atoms with Gasteiger partial charge in [-0.1, -0.05) is 0 Å². The third-order valence-electron chi connectivity index (χ3n) is 5.09. The van der Waals surface area contributed by atoms with Crippen molar-refractivity contribution in [2.24, 2.45) is 0 Å². The molecule has 0 amide bonds. The van der Waals surface area contributed by atoms with Crippen LogP contribution in [0.3, 0.4) is 0 Å². The second-order valence-corrected chi connectivity index (χ2v) is 7.73. The van der Waals surface area contributed by atoms with E-state index >= 15 is 0 Å². The molecule has 8 heteroatoms. The number of aromatic hydroxyl groups is 2. The van der Waals surface area contributed by atoms with Crippen LogP contribution in [0, 0.1) is 0 Å². The quantitative estimate of drug-likeness (QED) is 0.331. The molecular weight excluding hydrogens is 404 g/mol. The number of phenols is 2. The maximum Gasteiger partial charge on any atom is 0.336 e. The number of carbonyl (C=O) groups excluding carboxylic acids is 1. The van der Waals surface area contributed by atoms with Crippen LogP contribution in [0.15, 0.2) is 57.8 Å².